The summed E-state index contributed by atoms with van der Waals surface area (Å²) in [4.78, 5) is 9.93. The number of nitro groups is 1. The van der Waals surface area contributed by atoms with Crippen LogP contribution in [0.25, 0.3) is 0 Å². The van der Waals surface area contributed by atoms with Crippen LogP contribution in [0.2, 0.25) is 0 Å². The Morgan fingerprint density at radius 2 is 2.29 bits per heavy atom. The van der Waals surface area contributed by atoms with Crippen LogP contribution in [0.5, 0.6) is 5.75 Å². The largest absolute Gasteiger partial charge is 0.495 e. The zero-order valence-electron chi connectivity index (χ0n) is 7.22. The summed E-state index contributed by atoms with van der Waals surface area (Å²) in [5, 5.41) is 19.2. The van der Waals surface area contributed by atoms with Crippen molar-refractivity contribution in [2.24, 2.45) is 0 Å². The Balaban J connectivity index is 3.44. The second-order valence-electron chi connectivity index (χ2n) is 2.38. The van der Waals surface area contributed by atoms with Gasteiger partial charge in [-0.25, -0.2) is 0 Å². The molecular weight excluding hydrogens is 204 g/mol. The Kier molecular flexibility index (Phi) is 2.94. The number of hydrogen-bond donors (Lipinski definition) is 1. The summed E-state index contributed by atoms with van der Waals surface area (Å²) >= 11 is 3.91. The first-order valence-electron chi connectivity index (χ1n) is 3.56. The van der Waals surface area contributed by atoms with Crippen molar-refractivity contribution in [2.75, 3.05) is 7.11 Å². The molecule has 0 heterocycles. The highest BCUT2D eigenvalue weighted by molar-refractivity contribution is 7.80. The van der Waals surface area contributed by atoms with E-state index in [2.05, 4.69) is 12.6 Å². The second-order valence-corrected chi connectivity index (χ2v) is 2.83. The molecule has 6 heteroatoms. The highest BCUT2D eigenvalue weighted by Gasteiger charge is 2.18. The molecule has 0 aliphatic carbocycles. The molecule has 1 rings (SSSR count). The minimum Gasteiger partial charge on any atom is -0.495 e. The number of rotatable bonds is 2. The van der Waals surface area contributed by atoms with Crippen molar-refractivity contribution in [1.82, 2.24) is 0 Å². The van der Waals surface area contributed by atoms with Gasteiger partial charge >= 0.3 is 0 Å². The lowest BCUT2D eigenvalue weighted by molar-refractivity contribution is -0.387. The van der Waals surface area contributed by atoms with Gasteiger partial charge in [-0.2, -0.15) is 5.26 Å². The number of methoxy groups -OCH3 is 1. The van der Waals surface area contributed by atoms with Crippen LogP contribution in [0.1, 0.15) is 5.56 Å². The summed E-state index contributed by atoms with van der Waals surface area (Å²) in [5.74, 6) is 0.281. The van der Waals surface area contributed by atoms with Crippen molar-refractivity contribution in [1.29, 1.82) is 5.26 Å². The lowest BCUT2D eigenvalue weighted by Gasteiger charge is -2.04. The van der Waals surface area contributed by atoms with Gasteiger partial charge in [0.1, 0.15) is 22.3 Å². The molecule has 1 aromatic rings. The van der Waals surface area contributed by atoms with Gasteiger partial charge in [-0.3, -0.25) is 10.1 Å². The summed E-state index contributed by atoms with van der Waals surface area (Å²) in [6, 6.07) is 4.43. The maximum absolute atomic E-state index is 10.5. The molecule has 0 unspecified atom stereocenters. The van der Waals surface area contributed by atoms with E-state index in [1.807, 2.05) is 0 Å². The normalized spacial score (nSPS) is 9.21. The Hall–Kier alpha value is -1.74. The molecule has 0 bridgehead atoms. The third-order valence-corrected chi connectivity index (χ3v) is 2.10. The molecule has 0 radical (unpaired) electrons. The smallest absolute Gasteiger partial charge is 0.284 e. The van der Waals surface area contributed by atoms with Crippen LogP contribution in [-0.2, 0) is 0 Å². The van der Waals surface area contributed by atoms with Crippen LogP contribution in [0.4, 0.5) is 5.69 Å². The molecule has 0 spiro atoms. The van der Waals surface area contributed by atoms with Gasteiger partial charge in [0.2, 0.25) is 0 Å². The molecule has 0 aliphatic heterocycles. The molecule has 0 fully saturated rings. The van der Waals surface area contributed by atoms with E-state index >= 15 is 0 Å². The van der Waals surface area contributed by atoms with Gasteiger partial charge < -0.3 is 4.74 Å². The highest BCUT2D eigenvalue weighted by Crippen LogP contribution is 2.32. The van der Waals surface area contributed by atoms with Gasteiger partial charge in [0.15, 0.2) is 0 Å². The molecule has 0 saturated heterocycles. The van der Waals surface area contributed by atoms with Crippen LogP contribution in [0.15, 0.2) is 17.0 Å². The van der Waals surface area contributed by atoms with Crippen LogP contribution < -0.4 is 4.74 Å². The minimum absolute atomic E-state index is 0.0249. The van der Waals surface area contributed by atoms with Gasteiger partial charge in [-0.1, -0.05) is 0 Å². The average Bonchev–Trinajstić information content (AvgIpc) is 2.16. The van der Waals surface area contributed by atoms with E-state index in [1.165, 1.54) is 19.2 Å². The quantitative estimate of drug-likeness (QED) is 0.458. The average molecular weight is 210 g/mol. The molecule has 1 aromatic carbocycles. The molecular formula is C8H6N2O3S. The lowest BCUT2D eigenvalue weighted by atomic mass is 10.2. The third kappa shape index (κ3) is 1.63. The Morgan fingerprint density at radius 1 is 1.64 bits per heavy atom. The van der Waals surface area contributed by atoms with Crippen molar-refractivity contribution in [3.63, 3.8) is 0 Å². The molecule has 0 saturated carbocycles. The fourth-order valence-corrected chi connectivity index (χ4v) is 1.30. The molecule has 5 nitrogen and oxygen atoms in total. The Labute approximate surface area is 85.5 Å². The van der Waals surface area contributed by atoms with Crippen LogP contribution in [-0.4, -0.2) is 12.0 Å². The summed E-state index contributed by atoms with van der Waals surface area (Å²) in [6.45, 7) is 0. The predicted molar refractivity (Wildman–Crippen MR) is 51.6 cm³/mol. The molecule has 14 heavy (non-hydrogen) atoms. The third-order valence-electron chi connectivity index (χ3n) is 1.65. The van der Waals surface area contributed by atoms with Crippen molar-refractivity contribution in [3.05, 3.63) is 27.8 Å². The van der Waals surface area contributed by atoms with Crippen LogP contribution >= 0.6 is 12.6 Å². The molecule has 0 amide bonds. The fraction of sp³-hybridized carbons (Fsp3) is 0.125. The predicted octanol–water partition coefficient (Wildman–Crippen LogP) is 1.76. The van der Waals surface area contributed by atoms with Gasteiger partial charge in [0, 0.05) is 6.07 Å². The molecule has 0 atom stereocenters. The number of nitriles is 1. The first-order valence-corrected chi connectivity index (χ1v) is 4.01. The SMILES string of the molecule is COc1ccc([N+](=O)[O-])c(S)c1C#N. The summed E-state index contributed by atoms with van der Waals surface area (Å²) in [6.07, 6.45) is 0. The fourth-order valence-electron chi connectivity index (χ4n) is 0.987. The van der Waals surface area contributed by atoms with Crippen molar-refractivity contribution >= 4 is 18.3 Å². The topological polar surface area (TPSA) is 76.2 Å². The maximum Gasteiger partial charge on any atom is 0.284 e. The van der Waals surface area contributed by atoms with E-state index in [0.717, 1.165) is 0 Å². The van der Waals surface area contributed by atoms with Crippen LogP contribution in [0.3, 0.4) is 0 Å². The number of nitro benzene ring substituents is 1. The van der Waals surface area contributed by atoms with Gasteiger partial charge in [0.25, 0.3) is 5.69 Å². The van der Waals surface area contributed by atoms with Crippen molar-refractivity contribution in [2.45, 2.75) is 4.90 Å². The Bertz CT molecular complexity index is 425. The van der Waals surface area contributed by atoms with E-state index < -0.39 is 4.92 Å². The van der Waals surface area contributed by atoms with Gasteiger partial charge in [0.05, 0.1) is 12.0 Å². The number of hydrogen-bond acceptors (Lipinski definition) is 5. The Morgan fingerprint density at radius 3 is 2.71 bits per heavy atom. The van der Waals surface area contributed by atoms with Gasteiger partial charge in [-0.15, -0.1) is 12.6 Å². The van der Waals surface area contributed by atoms with Crippen molar-refractivity contribution < 1.29 is 9.66 Å². The molecule has 72 valence electrons. The summed E-state index contributed by atoms with van der Waals surface area (Å²) in [5.41, 5.74) is -0.129. The van der Waals surface area contributed by atoms with E-state index in [1.54, 1.807) is 6.07 Å². The monoisotopic (exact) mass is 210 g/mol. The van der Waals surface area contributed by atoms with Crippen LogP contribution in [0, 0.1) is 21.4 Å². The number of benzene rings is 1. The zero-order valence-corrected chi connectivity index (χ0v) is 8.12. The number of thiol groups is 1. The number of ether oxygens (including phenoxy) is 1. The van der Waals surface area contributed by atoms with E-state index in [9.17, 15) is 10.1 Å². The molecule has 0 aromatic heterocycles. The standard InChI is InChI=1S/C8H6N2O3S/c1-13-7-3-2-6(10(11)12)8(14)5(7)4-9/h2-3,14H,1H3. The van der Waals surface area contributed by atoms with E-state index in [-0.39, 0.29) is 21.9 Å². The lowest BCUT2D eigenvalue weighted by Crippen LogP contribution is -1.95. The summed E-state index contributed by atoms with van der Waals surface area (Å²) in [7, 11) is 1.38. The molecule has 0 N–H and O–H groups in total. The summed E-state index contributed by atoms with van der Waals surface area (Å²) < 4.78 is 4.86. The van der Waals surface area contributed by atoms with Crippen molar-refractivity contribution in [3.8, 4) is 11.8 Å². The van der Waals surface area contributed by atoms with E-state index in [4.69, 9.17) is 10.00 Å². The highest BCUT2D eigenvalue weighted by atomic mass is 32.1. The number of nitrogens with zero attached hydrogens (tertiary/aromatic N) is 2. The van der Waals surface area contributed by atoms with E-state index in [0.29, 0.717) is 0 Å². The van der Waals surface area contributed by atoms with Gasteiger partial charge in [-0.05, 0) is 6.07 Å². The first-order chi connectivity index (χ1) is 6.61. The molecule has 0 aliphatic rings. The first kappa shape index (κ1) is 10.3. The second kappa shape index (κ2) is 3.98. The zero-order chi connectivity index (χ0) is 10.7. The minimum atomic E-state index is -0.595. The maximum atomic E-state index is 10.5.